The van der Waals surface area contributed by atoms with Crippen molar-refractivity contribution in [1.82, 2.24) is 5.32 Å². The summed E-state index contributed by atoms with van der Waals surface area (Å²) in [5, 5.41) is 2.60. The first kappa shape index (κ1) is 21.0. The number of halogens is 3. The normalized spacial score (nSPS) is 13.3. The zero-order valence-electron chi connectivity index (χ0n) is 15.7. The topological polar surface area (TPSA) is 12.0 Å². The number of alkyl halides is 3. The molecule has 0 aliphatic rings. The second-order valence-electron chi connectivity index (χ2n) is 8.02. The van der Waals surface area contributed by atoms with Crippen molar-refractivity contribution in [1.29, 1.82) is 0 Å². The summed E-state index contributed by atoms with van der Waals surface area (Å²) in [6.45, 7) is 9.51. The molecule has 0 fully saturated rings. The van der Waals surface area contributed by atoms with Crippen LogP contribution in [0.2, 0.25) is 0 Å². The van der Waals surface area contributed by atoms with Crippen LogP contribution in [0.3, 0.4) is 0 Å². The fourth-order valence-electron chi connectivity index (χ4n) is 2.46. The highest BCUT2D eigenvalue weighted by molar-refractivity contribution is 5.23. The average molecular weight is 343 g/mol. The quantitative estimate of drug-likeness (QED) is 0.549. The van der Waals surface area contributed by atoms with Crippen LogP contribution < -0.4 is 5.32 Å². The Morgan fingerprint density at radius 3 is 1.92 bits per heavy atom. The van der Waals surface area contributed by atoms with Gasteiger partial charge in [0.15, 0.2) is 0 Å². The summed E-state index contributed by atoms with van der Waals surface area (Å²) in [6.07, 6.45) is 0.543. The maximum absolute atomic E-state index is 12.7. The van der Waals surface area contributed by atoms with Gasteiger partial charge in [-0.25, -0.2) is 0 Å². The average Bonchev–Trinajstić information content (AvgIpc) is 2.47. The largest absolute Gasteiger partial charge is 0.406 e. The summed E-state index contributed by atoms with van der Waals surface area (Å²) in [6, 6.07) is 8.65. The maximum Gasteiger partial charge on any atom is 0.406 e. The Balaban J connectivity index is 2.34. The van der Waals surface area contributed by atoms with Crippen LogP contribution in [0.15, 0.2) is 24.3 Å². The predicted molar refractivity (Wildman–Crippen MR) is 95.3 cm³/mol. The molecule has 4 heteroatoms. The van der Waals surface area contributed by atoms with Crippen molar-refractivity contribution >= 4 is 0 Å². The van der Waals surface area contributed by atoms with Gasteiger partial charge >= 0.3 is 6.18 Å². The zero-order valence-corrected chi connectivity index (χ0v) is 15.7. The molecule has 0 saturated carbocycles. The first-order valence-electron chi connectivity index (χ1n) is 8.86. The van der Waals surface area contributed by atoms with Crippen LogP contribution in [0.5, 0.6) is 0 Å². The summed E-state index contributed by atoms with van der Waals surface area (Å²) in [4.78, 5) is 0. The first-order valence-corrected chi connectivity index (χ1v) is 8.86. The smallest absolute Gasteiger partial charge is 0.304 e. The second-order valence-corrected chi connectivity index (χ2v) is 8.02. The van der Waals surface area contributed by atoms with E-state index in [9.17, 15) is 13.2 Å². The van der Waals surface area contributed by atoms with Gasteiger partial charge in [0.2, 0.25) is 0 Å². The zero-order chi connectivity index (χ0) is 18.4. The molecule has 1 aromatic rings. The van der Waals surface area contributed by atoms with Crippen LogP contribution in [0, 0.1) is 5.41 Å². The molecular weight excluding hydrogens is 311 g/mol. The highest BCUT2D eigenvalue weighted by Gasteiger charge is 2.46. The number of rotatable bonds is 9. The van der Waals surface area contributed by atoms with E-state index in [0.717, 1.165) is 32.1 Å². The van der Waals surface area contributed by atoms with Crippen LogP contribution in [0.1, 0.15) is 65.0 Å². The van der Waals surface area contributed by atoms with E-state index in [0.29, 0.717) is 12.0 Å². The van der Waals surface area contributed by atoms with E-state index in [4.69, 9.17) is 0 Å². The number of aryl methyl sites for hydroxylation is 1. The molecule has 0 saturated heterocycles. The number of unbranched alkanes of at least 4 members (excludes halogenated alkanes) is 1. The van der Waals surface area contributed by atoms with Gasteiger partial charge in [-0.1, -0.05) is 51.5 Å². The number of hydrogen-bond donors (Lipinski definition) is 1. The Hall–Kier alpha value is -1.03. The minimum Gasteiger partial charge on any atom is -0.304 e. The lowest BCUT2D eigenvalue weighted by molar-refractivity contribution is -0.185. The highest BCUT2D eigenvalue weighted by Crippen LogP contribution is 2.29. The summed E-state index contributed by atoms with van der Waals surface area (Å²) in [5.74, 6) is 0. The molecule has 0 aliphatic carbocycles. The van der Waals surface area contributed by atoms with Crippen molar-refractivity contribution in [2.75, 3.05) is 6.54 Å². The lowest BCUT2D eigenvalue weighted by Gasteiger charge is -2.29. The van der Waals surface area contributed by atoms with E-state index in [1.54, 1.807) is 0 Å². The minimum atomic E-state index is -4.21. The molecule has 0 heterocycles. The Kier molecular flexibility index (Phi) is 7.33. The second kappa shape index (κ2) is 8.37. The van der Waals surface area contributed by atoms with Crippen LogP contribution in [0.25, 0.3) is 0 Å². The third-order valence-corrected chi connectivity index (χ3v) is 4.83. The molecule has 138 valence electrons. The lowest BCUT2D eigenvalue weighted by atomic mass is 9.83. The first-order chi connectivity index (χ1) is 11.0. The molecule has 0 amide bonds. The SMILES string of the molecule is CCC(C)(C)Cc1ccc(CCCCNC(C)(C)C(F)(F)F)cc1. The molecular formula is C20H32F3N. The van der Waals surface area contributed by atoms with Crippen molar-refractivity contribution in [3.8, 4) is 0 Å². The monoisotopic (exact) mass is 343 g/mol. The molecule has 1 N–H and O–H groups in total. The van der Waals surface area contributed by atoms with E-state index >= 15 is 0 Å². The molecule has 1 aromatic carbocycles. The standard InChI is InChI=1S/C20H32F3N/c1-6-18(2,3)15-17-12-10-16(11-13-17)9-7-8-14-24-19(4,5)20(21,22)23/h10-13,24H,6-9,14-15H2,1-5H3. The van der Waals surface area contributed by atoms with E-state index in [1.807, 2.05) is 0 Å². The van der Waals surface area contributed by atoms with Gasteiger partial charge in [0, 0.05) is 0 Å². The molecule has 1 rings (SSSR count). The third-order valence-electron chi connectivity index (χ3n) is 4.83. The number of benzene rings is 1. The molecule has 0 bridgehead atoms. The van der Waals surface area contributed by atoms with Crippen molar-refractivity contribution in [2.45, 2.75) is 78.4 Å². The van der Waals surface area contributed by atoms with Gasteiger partial charge < -0.3 is 5.32 Å². The van der Waals surface area contributed by atoms with Gasteiger partial charge in [-0.2, -0.15) is 13.2 Å². The molecule has 0 aliphatic heterocycles. The lowest BCUT2D eigenvalue weighted by Crippen LogP contribution is -2.52. The van der Waals surface area contributed by atoms with Gasteiger partial charge in [-0.3, -0.25) is 0 Å². The Morgan fingerprint density at radius 2 is 1.42 bits per heavy atom. The van der Waals surface area contributed by atoms with Gasteiger partial charge in [-0.05, 0) is 62.6 Å². The fourth-order valence-corrected chi connectivity index (χ4v) is 2.46. The molecule has 0 unspecified atom stereocenters. The Labute approximate surface area is 145 Å². The molecule has 0 spiro atoms. The predicted octanol–water partition coefficient (Wildman–Crippen LogP) is 5.92. The molecule has 24 heavy (non-hydrogen) atoms. The highest BCUT2D eigenvalue weighted by atomic mass is 19.4. The molecule has 1 nitrogen and oxygen atoms in total. The van der Waals surface area contributed by atoms with Crippen molar-refractivity contribution in [2.24, 2.45) is 5.41 Å². The van der Waals surface area contributed by atoms with Gasteiger partial charge in [0.25, 0.3) is 0 Å². The fraction of sp³-hybridized carbons (Fsp3) is 0.700. The van der Waals surface area contributed by atoms with E-state index in [2.05, 4.69) is 50.4 Å². The minimum absolute atomic E-state index is 0.318. The van der Waals surface area contributed by atoms with Crippen molar-refractivity contribution in [3.05, 3.63) is 35.4 Å². The summed E-state index contributed by atoms with van der Waals surface area (Å²) >= 11 is 0. The van der Waals surface area contributed by atoms with Gasteiger partial charge in [0.05, 0.1) is 0 Å². The molecule has 0 aromatic heterocycles. The van der Waals surface area contributed by atoms with Gasteiger partial charge in [0.1, 0.15) is 5.54 Å². The number of nitrogens with one attached hydrogen (secondary N) is 1. The van der Waals surface area contributed by atoms with Crippen LogP contribution in [-0.2, 0) is 12.8 Å². The van der Waals surface area contributed by atoms with E-state index < -0.39 is 11.7 Å². The van der Waals surface area contributed by atoms with Crippen molar-refractivity contribution in [3.63, 3.8) is 0 Å². The van der Waals surface area contributed by atoms with Crippen LogP contribution in [0.4, 0.5) is 13.2 Å². The Bertz CT molecular complexity index is 487. The summed E-state index contributed by atoms with van der Waals surface area (Å²) in [5.41, 5.74) is 1.10. The maximum atomic E-state index is 12.7. The van der Waals surface area contributed by atoms with Crippen LogP contribution in [-0.4, -0.2) is 18.3 Å². The Morgan fingerprint density at radius 1 is 0.875 bits per heavy atom. The number of hydrogen-bond acceptors (Lipinski definition) is 1. The van der Waals surface area contributed by atoms with E-state index in [1.165, 1.54) is 25.0 Å². The van der Waals surface area contributed by atoms with Crippen LogP contribution >= 0.6 is 0 Å². The van der Waals surface area contributed by atoms with Crippen molar-refractivity contribution < 1.29 is 13.2 Å². The van der Waals surface area contributed by atoms with Gasteiger partial charge in [-0.15, -0.1) is 0 Å². The summed E-state index contributed by atoms with van der Waals surface area (Å²) in [7, 11) is 0. The van der Waals surface area contributed by atoms with E-state index in [-0.39, 0.29) is 0 Å². The third kappa shape index (κ3) is 6.84. The molecule has 0 radical (unpaired) electrons. The summed E-state index contributed by atoms with van der Waals surface area (Å²) < 4.78 is 38.2. The molecule has 0 atom stereocenters.